The molecule has 1 heterocycles. The topological polar surface area (TPSA) is 60.9 Å². The number of aromatic nitrogens is 2. The van der Waals surface area contributed by atoms with Gasteiger partial charge < -0.3 is 15.4 Å². The van der Waals surface area contributed by atoms with Gasteiger partial charge in [-0.15, -0.1) is 0 Å². The van der Waals surface area contributed by atoms with E-state index in [1.807, 2.05) is 18.3 Å². The molecule has 1 unspecified atom stereocenters. The number of imidazole rings is 1. The summed E-state index contributed by atoms with van der Waals surface area (Å²) in [5.74, 6) is 0.913. The van der Waals surface area contributed by atoms with Gasteiger partial charge >= 0.3 is 0 Å². The number of hydrogen-bond acceptors (Lipinski definition) is 3. The monoisotopic (exact) mass is 337 g/mol. The Hall–Kier alpha value is -1.17. The minimum Gasteiger partial charge on any atom is -0.396 e. The molecule has 2 aromatic rings. The number of nitrogens with one attached hydrogen (secondary N) is 2. The summed E-state index contributed by atoms with van der Waals surface area (Å²) in [6, 6.07) is 8.45. The van der Waals surface area contributed by atoms with Gasteiger partial charge in [0.15, 0.2) is 0 Å². The van der Waals surface area contributed by atoms with Crippen LogP contribution >= 0.6 is 15.9 Å². The Morgan fingerprint density at radius 3 is 3.00 bits per heavy atom. The van der Waals surface area contributed by atoms with Crippen LogP contribution in [0.4, 0.5) is 0 Å². The van der Waals surface area contributed by atoms with Crippen LogP contribution in [0.2, 0.25) is 0 Å². The molecule has 0 radical (unpaired) electrons. The van der Waals surface area contributed by atoms with Crippen molar-refractivity contribution in [1.82, 2.24) is 15.3 Å². The number of nitrogens with zero attached hydrogens (tertiary/aromatic N) is 1. The predicted octanol–water partition coefficient (Wildman–Crippen LogP) is 3.09. The zero-order chi connectivity index (χ0) is 14.4. The Balaban J connectivity index is 1.99. The van der Waals surface area contributed by atoms with Gasteiger partial charge in [0.25, 0.3) is 0 Å². The molecule has 0 amide bonds. The molecule has 0 saturated heterocycles. The van der Waals surface area contributed by atoms with Crippen molar-refractivity contribution in [3.8, 4) is 11.3 Å². The summed E-state index contributed by atoms with van der Waals surface area (Å²) in [6.45, 7) is 3.02. The summed E-state index contributed by atoms with van der Waals surface area (Å²) in [5, 5.41) is 12.4. The van der Waals surface area contributed by atoms with Gasteiger partial charge in [-0.25, -0.2) is 4.98 Å². The van der Waals surface area contributed by atoms with Crippen LogP contribution in [0.25, 0.3) is 11.3 Å². The van der Waals surface area contributed by atoms with Crippen molar-refractivity contribution in [3.63, 3.8) is 0 Å². The Kier molecular flexibility index (Phi) is 5.76. The molecular weight excluding hydrogens is 318 g/mol. The zero-order valence-corrected chi connectivity index (χ0v) is 13.2. The molecule has 0 saturated carbocycles. The molecule has 0 aliphatic rings. The normalized spacial score (nSPS) is 12.6. The van der Waals surface area contributed by atoms with E-state index in [4.69, 9.17) is 5.11 Å². The molecule has 1 atom stereocenters. The standard InChI is InChI=1S/C15H20BrN3O/c1-2-13(6-7-20)17-10-15-18-9-14(19-15)11-4-3-5-12(16)8-11/h3-5,8-9,13,17,20H,2,6-7,10H2,1H3,(H,18,19). The highest BCUT2D eigenvalue weighted by molar-refractivity contribution is 9.10. The number of aromatic amines is 1. The third-order valence-corrected chi connectivity index (χ3v) is 3.79. The highest BCUT2D eigenvalue weighted by Gasteiger charge is 2.07. The molecule has 20 heavy (non-hydrogen) atoms. The molecule has 4 nitrogen and oxygen atoms in total. The zero-order valence-electron chi connectivity index (χ0n) is 11.6. The summed E-state index contributed by atoms with van der Waals surface area (Å²) in [4.78, 5) is 7.71. The van der Waals surface area contributed by atoms with Gasteiger partial charge in [0.2, 0.25) is 0 Å². The largest absolute Gasteiger partial charge is 0.396 e. The second kappa shape index (κ2) is 7.57. The van der Waals surface area contributed by atoms with Crippen LogP contribution < -0.4 is 5.32 Å². The van der Waals surface area contributed by atoms with Gasteiger partial charge in [0.1, 0.15) is 5.82 Å². The summed E-state index contributed by atoms with van der Waals surface area (Å²) < 4.78 is 1.05. The average Bonchev–Trinajstić information content (AvgIpc) is 2.92. The third kappa shape index (κ3) is 4.16. The Labute approximate surface area is 127 Å². The van der Waals surface area contributed by atoms with Gasteiger partial charge in [0, 0.05) is 22.7 Å². The molecule has 2 rings (SSSR count). The van der Waals surface area contributed by atoms with Crippen molar-refractivity contribution in [2.75, 3.05) is 6.61 Å². The smallest absolute Gasteiger partial charge is 0.120 e. The van der Waals surface area contributed by atoms with E-state index in [0.717, 1.165) is 34.4 Å². The van der Waals surface area contributed by atoms with E-state index in [2.05, 4.69) is 50.3 Å². The van der Waals surface area contributed by atoms with Crippen LogP contribution in [-0.4, -0.2) is 27.7 Å². The van der Waals surface area contributed by atoms with Crippen LogP contribution in [0.3, 0.4) is 0 Å². The first-order valence-corrected chi connectivity index (χ1v) is 7.66. The first kappa shape index (κ1) is 15.2. The number of aliphatic hydroxyl groups excluding tert-OH is 1. The van der Waals surface area contributed by atoms with Gasteiger partial charge in [-0.2, -0.15) is 0 Å². The second-order valence-electron chi connectivity index (χ2n) is 4.75. The summed E-state index contributed by atoms with van der Waals surface area (Å²) in [7, 11) is 0. The molecule has 0 aliphatic carbocycles. The van der Waals surface area contributed by atoms with Crippen molar-refractivity contribution >= 4 is 15.9 Å². The maximum absolute atomic E-state index is 8.98. The van der Waals surface area contributed by atoms with Gasteiger partial charge in [0.05, 0.1) is 18.4 Å². The lowest BCUT2D eigenvalue weighted by Crippen LogP contribution is -2.29. The van der Waals surface area contributed by atoms with Crippen LogP contribution in [0.15, 0.2) is 34.9 Å². The Morgan fingerprint density at radius 1 is 1.45 bits per heavy atom. The lowest BCUT2D eigenvalue weighted by molar-refractivity contribution is 0.261. The van der Waals surface area contributed by atoms with Crippen LogP contribution in [0.5, 0.6) is 0 Å². The lowest BCUT2D eigenvalue weighted by atomic mass is 10.1. The minimum atomic E-state index is 0.215. The molecule has 3 N–H and O–H groups in total. The van der Waals surface area contributed by atoms with Crippen LogP contribution in [-0.2, 0) is 6.54 Å². The highest BCUT2D eigenvalue weighted by Crippen LogP contribution is 2.21. The number of halogens is 1. The number of H-pyrrole nitrogens is 1. The predicted molar refractivity (Wildman–Crippen MR) is 84.3 cm³/mol. The first-order valence-electron chi connectivity index (χ1n) is 6.87. The fraction of sp³-hybridized carbons (Fsp3) is 0.400. The van der Waals surface area contributed by atoms with Crippen molar-refractivity contribution in [3.05, 3.63) is 40.8 Å². The number of hydrogen-bond donors (Lipinski definition) is 3. The summed E-state index contributed by atoms with van der Waals surface area (Å²) >= 11 is 3.47. The van der Waals surface area contributed by atoms with Crippen LogP contribution in [0, 0.1) is 0 Å². The first-order chi connectivity index (χ1) is 9.72. The fourth-order valence-electron chi connectivity index (χ4n) is 2.10. The Morgan fingerprint density at radius 2 is 2.30 bits per heavy atom. The van der Waals surface area contributed by atoms with E-state index in [1.54, 1.807) is 0 Å². The average molecular weight is 338 g/mol. The Bertz CT molecular complexity index is 541. The number of aliphatic hydroxyl groups is 1. The van der Waals surface area contributed by atoms with Gasteiger partial charge in [-0.05, 0) is 25.0 Å². The van der Waals surface area contributed by atoms with Crippen molar-refractivity contribution < 1.29 is 5.11 Å². The second-order valence-corrected chi connectivity index (χ2v) is 5.67. The van der Waals surface area contributed by atoms with E-state index in [0.29, 0.717) is 12.6 Å². The molecule has 5 heteroatoms. The van der Waals surface area contributed by atoms with Gasteiger partial charge in [-0.3, -0.25) is 0 Å². The maximum atomic E-state index is 8.98. The SMILES string of the molecule is CCC(CCO)NCc1ncc(-c2cccc(Br)c2)[nH]1. The van der Waals surface area contributed by atoms with Crippen molar-refractivity contribution in [2.45, 2.75) is 32.4 Å². The third-order valence-electron chi connectivity index (χ3n) is 3.29. The maximum Gasteiger partial charge on any atom is 0.120 e. The summed E-state index contributed by atoms with van der Waals surface area (Å²) in [6.07, 6.45) is 3.63. The molecule has 0 bridgehead atoms. The van der Waals surface area contributed by atoms with Crippen molar-refractivity contribution in [2.24, 2.45) is 0 Å². The van der Waals surface area contributed by atoms with E-state index >= 15 is 0 Å². The molecular formula is C15H20BrN3O. The van der Waals surface area contributed by atoms with E-state index in [1.165, 1.54) is 0 Å². The lowest BCUT2D eigenvalue weighted by Gasteiger charge is -2.14. The summed E-state index contributed by atoms with van der Waals surface area (Å²) in [5.41, 5.74) is 2.12. The quantitative estimate of drug-likeness (QED) is 0.727. The molecule has 108 valence electrons. The van der Waals surface area contributed by atoms with E-state index in [9.17, 15) is 0 Å². The van der Waals surface area contributed by atoms with E-state index < -0.39 is 0 Å². The molecule has 0 spiro atoms. The molecule has 1 aromatic heterocycles. The number of rotatable bonds is 7. The molecule has 1 aromatic carbocycles. The van der Waals surface area contributed by atoms with Crippen LogP contribution in [0.1, 0.15) is 25.6 Å². The van der Waals surface area contributed by atoms with Gasteiger partial charge in [-0.1, -0.05) is 35.0 Å². The molecule has 0 fully saturated rings. The fourth-order valence-corrected chi connectivity index (χ4v) is 2.50. The molecule has 0 aliphatic heterocycles. The number of benzene rings is 1. The van der Waals surface area contributed by atoms with E-state index in [-0.39, 0.29) is 6.61 Å². The van der Waals surface area contributed by atoms with Crippen molar-refractivity contribution in [1.29, 1.82) is 0 Å². The highest BCUT2D eigenvalue weighted by atomic mass is 79.9. The minimum absolute atomic E-state index is 0.215.